The lowest BCUT2D eigenvalue weighted by Gasteiger charge is -2.34. The Morgan fingerprint density at radius 2 is 1.53 bits per heavy atom. The first kappa shape index (κ1) is 24.0. The fourth-order valence-electron chi connectivity index (χ4n) is 4.27. The Hall–Kier alpha value is -2.24. The third-order valence-corrected chi connectivity index (χ3v) is 6.64. The molecule has 2 heteroatoms. The van der Waals surface area contributed by atoms with Crippen molar-refractivity contribution in [1.29, 1.82) is 0 Å². The first-order valence-corrected chi connectivity index (χ1v) is 11.4. The summed E-state index contributed by atoms with van der Waals surface area (Å²) < 4.78 is 0. The zero-order valence-corrected chi connectivity index (χ0v) is 19.5. The number of phenols is 1. The van der Waals surface area contributed by atoms with Gasteiger partial charge in [0.15, 0.2) is 0 Å². The maximum atomic E-state index is 10.4. The van der Waals surface area contributed by atoms with Gasteiger partial charge in [-0.15, -0.1) is 0 Å². The molecule has 0 amide bonds. The fourth-order valence-corrected chi connectivity index (χ4v) is 4.27. The topological polar surface area (TPSA) is 40.5 Å². The van der Waals surface area contributed by atoms with E-state index in [1.54, 1.807) is 6.07 Å². The minimum atomic E-state index is -0.582. The van der Waals surface area contributed by atoms with Gasteiger partial charge in [0.2, 0.25) is 0 Å². The average molecular weight is 407 g/mol. The summed E-state index contributed by atoms with van der Waals surface area (Å²) >= 11 is 0. The van der Waals surface area contributed by atoms with E-state index >= 15 is 0 Å². The molecule has 0 radical (unpaired) electrons. The molecular formula is C28H38O2. The summed E-state index contributed by atoms with van der Waals surface area (Å²) in [7, 11) is 0. The number of phenolic OH excluding ortho intramolecular Hbond substituents is 1. The Morgan fingerprint density at radius 1 is 0.933 bits per heavy atom. The van der Waals surface area contributed by atoms with Crippen LogP contribution in [0.5, 0.6) is 5.75 Å². The van der Waals surface area contributed by atoms with Crippen LogP contribution < -0.4 is 0 Å². The van der Waals surface area contributed by atoms with Crippen molar-refractivity contribution in [3.8, 4) is 17.6 Å². The van der Waals surface area contributed by atoms with Gasteiger partial charge in [-0.05, 0) is 73.4 Å². The Labute approximate surface area is 183 Å². The predicted octanol–water partition coefficient (Wildman–Crippen LogP) is 6.65. The second kappa shape index (κ2) is 10.7. The lowest BCUT2D eigenvalue weighted by atomic mass is 9.70. The molecule has 2 rings (SSSR count). The lowest BCUT2D eigenvalue weighted by molar-refractivity contribution is 0.164. The maximum Gasteiger partial charge on any atom is 0.118 e. The third-order valence-electron chi connectivity index (χ3n) is 6.64. The zero-order chi connectivity index (χ0) is 22.3. The SMILES string of the molecule is CCCCC(C)C(O)C#Cc1ccc(C(CC)(CC)c2ccc(O)c(C)c2)cc1C. The second-order valence-corrected chi connectivity index (χ2v) is 8.65. The number of aliphatic hydroxyl groups is 1. The van der Waals surface area contributed by atoms with Crippen LogP contribution in [0.25, 0.3) is 0 Å². The molecule has 2 aromatic carbocycles. The molecule has 0 fully saturated rings. The lowest BCUT2D eigenvalue weighted by Crippen LogP contribution is -2.26. The molecule has 0 heterocycles. The van der Waals surface area contributed by atoms with E-state index in [0.717, 1.165) is 48.8 Å². The quantitative estimate of drug-likeness (QED) is 0.482. The number of hydrogen-bond acceptors (Lipinski definition) is 2. The molecule has 30 heavy (non-hydrogen) atoms. The maximum absolute atomic E-state index is 10.4. The fraction of sp³-hybridized carbons (Fsp3) is 0.500. The van der Waals surface area contributed by atoms with Crippen LogP contribution in [0.1, 0.15) is 87.6 Å². The van der Waals surface area contributed by atoms with Gasteiger partial charge in [0.05, 0.1) is 0 Å². The van der Waals surface area contributed by atoms with Crippen molar-refractivity contribution >= 4 is 0 Å². The van der Waals surface area contributed by atoms with E-state index in [2.05, 4.69) is 70.7 Å². The van der Waals surface area contributed by atoms with E-state index < -0.39 is 6.10 Å². The molecule has 0 saturated carbocycles. The van der Waals surface area contributed by atoms with Crippen molar-refractivity contribution in [3.63, 3.8) is 0 Å². The second-order valence-electron chi connectivity index (χ2n) is 8.65. The molecule has 0 aliphatic rings. The Balaban J connectivity index is 2.36. The van der Waals surface area contributed by atoms with Gasteiger partial charge in [0.1, 0.15) is 11.9 Å². The van der Waals surface area contributed by atoms with Crippen LogP contribution in [0.2, 0.25) is 0 Å². The summed E-state index contributed by atoms with van der Waals surface area (Å²) in [6.07, 6.45) is 4.65. The van der Waals surface area contributed by atoms with Crippen molar-refractivity contribution in [2.24, 2.45) is 5.92 Å². The van der Waals surface area contributed by atoms with E-state index in [1.165, 1.54) is 11.1 Å². The van der Waals surface area contributed by atoms with E-state index in [0.29, 0.717) is 5.75 Å². The van der Waals surface area contributed by atoms with Crippen LogP contribution in [0.3, 0.4) is 0 Å². The molecule has 0 aliphatic heterocycles. The van der Waals surface area contributed by atoms with E-state index in [1.807, 2.05) is 13.0 Å². The van der Waals surface area contributed by atoms with Gasteiger partial charge >= 0.3 is 0 Å². The highest BCUT2D eigenvalue weighted by atomic mass is 16.3. The van der Waals surface area contributed by atoms with Crippen LogP contribution in [0.15, 0.2) is 36.4 Å². The largest absolute Gasteiger partial charge is 0.508 e. The zero-order valence-electron chi connectivity index (χ0n) is 19.5. The standard InChI is InChI=1S/C28H38O2/c1-7-10-11-20(4)26(29)16-13-23-12-14-24(18-21(23)5)28(8-2,9-3)25-15-17-27(30)22(6)19-25/h12,14-15,17-20,26,29-30H,7-11H2,1-6H3. The number of aromatic hydroxyl groups is 1. The molecule has 0 aromatic heterocycles. The van der Waals surface area contributed by atoms with E-state index in [9.17, 15) is 10.2 Å². The molecule has 2 aromatic rings. The predicted molar refractivity (Wildman–Crippen MR) is 127 cm³/mol. The van der Waals surface area contributed by atoms with Crippen LogP contribution in [0.4, 0.5) is 0 Å². The van der Waals surface area contributed by atoms with Crippen molar-refractivity contribution in [2.75, 3.05) is 0 Å². The van der Waals surface area contributed by atoms with Crippen LogP contribution in [-0.4, -0.2) is 16.3 Å². The van der Waals surface area contributed by atoms with Gasteiger partial charge in [-0.3, -0.25) is 0 Å². The molecule has 2 unspecified atom stereocenters. The Morgan fingerprint density at radius 3 is 2.07 bits per heavy atom. The van der Waals surface area contributed by atoms with Crippen molar-refractivity contribution in [1.82, 2.24) is 0 Å². The van der Waals surface area contributed by atoms with Gasteiger partial charge in [-0.1, -0.05) is 76.6 Å². The average Bonchev–Trinajstić information content (AvgIpc) is 2.74. The summed E-state index contributed by atoms with van der Waals surface area (Å²) in [6.45, 7) is 12.7. The number of rotatable bonds is 8. The smallest absolute Gasteiger partial charge is 0.118 e. The highest BCUT2D eigenvalue weighted by Gasteiger charge is 2.31. The number of benzene rings is 2. The molecule has 2 nitrogen and oxygen atoms in total. The van der Waals surface area contributed by atoms with Crippen molar-refractivity contribution < 1.29 is 10.2 Å². The Kier molecular flexibility index (Phi) is 8.56. The van der Waals surface area contributed by atoms with E-state index in [-0.39, 0.29) is 11.3 Å². The monoisotopic (exact) mass is 406 g/mol. The van der Waals surface area contributed by atoms with E-state index in [4.69, 9.17) is 0 Å². The Bertz CT molecular complexity index is 897. The molecule has 0 aliphatic carbocycles. The molecule has 0 saturated heterocycles. The molecule has 0 spiro atoms. The highest BCUT2D eigenvalue weighted by Crippen LogP contribution is 2.40. The summed E-state index contributed by atoms with van der Waals surface area (Å²) in [6, 6.07) is 12.5. The van der Waals surface area contributed by atoms with Crippen molar-refractivity contribution in [3.05, 3.63) is 64.2 Å². The number of unbranched alkanes of at least 4 members (excludes halogenated alkanes) is 1. The summed E-state index contributed by atoms with van der Waals surface area (Å²) in [5.74, 6) is 6.80. The summed E-state index contributed by atoms with van der Waals surface area (Å²) in [5.41, 5.74) is 5.44. The van der Waals surface area contributed by atoms with Gasteiger partial charge in [0, 0.05) is 11.0 Å². The van der Waals surface area contributed by atoms with Gasteiger partial charge in [-0.25, -0.2) is 0 Å². The minimum absolute atomic E-state index is 0.0939. The number of hydrogen-bond donors (Lipinski definition) is 2. The first-order valence-electron chi connectivity index (χ1n) is 11.4. The minimum Gasteiger partial charge on any atom is -0.508 e. The summed E-state index contributed by atoms with van der Waals surface area (Å²) in [5, 5.41) is 20.3. The highest BCUT2D eigenvalue weighted by molar-refractivity contribution is 5.49. The van der Waals surface area contributed by atoms with Crippen LogP contribution in [0, 0.1) is 31.6 Å². The molecule has 2 N–H and O–H groups in total. The normalized spacial score (nSPS) is 13.4. The molecule has 162 valence electrons. The molecule has 0 bridgehead atoms. The van der Waals surface area contributed by atoms with Gasteiger partial charge < -0.3 is 10.2 Å². The number of aryl methyl sites for hydroxylation is 2. The third kappa shape index (κ3) is 5.27. The van der Waals surface area contributed by atoms with Crippen LogP contribution >= 0.6 is 0 Å². The van der Waals surface area contributed by atoms with Crippen molar-refractivity contribution in [2.45, 2.75) is 85.2 Å². The van der Waals surface area contributed by atoms with Gasteiger partial charge in [-0.2, -0.15) is 0 Å². The van der Waals surface area contributed by atoms with Gasteiger partial charge in [0.25, 0.3) is 0 Å². The molecular weight excluding hydrogens is 368 g/mol. The molecule has 2 atom stereocenters. The number of aliphatic hydroxyl groups excluding tert-OH is 1. The first-order chi connectivity index (χ1) is 14.3. The summed E-state index contributed by atoms with van der Waals surface area (Å²) in [4.78, 5) is 0. The van der Waals surface area contributed by atoms with Crippen LogP contribution in [-0.2, 0) is 5.41 Å².